The summed E-state index contributed by atoms with van der Waals surface area (Å²) < 4.78 is 47.0. The van der Waals surface area contributed by atoms with Gasteiger partial charge in [0.1, 0.15) is 23.3 Å². The quantitative estimate of drug-likeness (QED) is 0.275. The molecule has 1 atom stereocenters. The summed E-state index contributed by atoms with van der Waals surface area (Å²) in [6.07, 6.45) is -1.42. The largest absolute Gasteiger partial charge is 0.490 e. The Bertz CT molecular complexity index is 1700. The van der Waals surface area contributed by atoms with Crippen LogP contribution in [0, 0.1) is 5.82 Å². The Hall–Kier alpha value is -4.88. The number of fused-ring (bicyclic) bond motifs is 2. The molecule has 5 aromatic rings. The number of hydrogen-bond donors (Lipinski definition) is 3. The average molecular weight is 543 g/mol. The molecule has 0 saturated heterocycles. The second kappa shape index (κ2) is 10.8. The minimum Gasteiger partial charge on any atom is -0.475 e. The first kappa shape index (κ1) is 27.2. The summed E-state index contributed by atoms with van der Waals surface area (Å²) in [4.78, 5) is 43.1. The van der Waals surface area contributed by atoms with Crippen LogP contribution in [0.5, 0.6) is 0 Å². The van der Waals surface area contributed by atoms with Crippen molar-refractivity contribution in [2.24, 2.45) is 0 Å². The lowest BCUT2D eigenvalue weighted by atomic mass is 10.0. The molecule has 39 heavy (non-hydrogen) atoms. The number of H-pyrrole nitrogens is 1. The van der Waals surface area contributed by atoms with E-state index in [0.717, 1.165) is 5.69 Å². The number of aromatic nitrogens is 6. The Morgan fingerprint density at radius 3 is 2.46 bits per heavy atom. The van der Waals surface area contributed by atoms with E-state index in [2.05, 4.69) is 25.3 Å². The highest BCUT2D eigenvalue weighted by molar-refractivity contribution is 5.82. The van der Waals surface area contributed by atoms with E-state index in [1.807, 2.05) is 32.0 Å². The first-order valence-electron chi connectivity index (χ1n) is 11.5. The second-order valence-electron chi connectivity index (χ2n) is 8.24. The van der Waals surface area contributed by atoms with E-state index in [9.17, 15) is 22.4 Å². The molecule has 202 valence electrons. The van der Waals surface area contributed by atoms with Crippen molar-refractivity contribution in [2.45, 2.75) is 32.5 Å². The van der Waals surface area contributed by atoms with E-state index < -0.39 is 18.2 Å². The monoisotopic (exact) mass is 543 g/mol. The third kappa shape index (κ3) is 5.68. The molecule has 0 bridgehead atoms. The Morgan fingerprint density at radius 2 is 1.82 bits per heavy atom. The fourth-order valence-electron chi connectivity index (χ4n) is 3.88. The third-order valence-electron chi connectivity index (χ3n) is 5.68. The van der Waals surface area contributed by atoms with Gasteiger partial charge < -0.3 is 15.4 Å². The standard InChI is InChI=1S/C23H20FN7O.C2HF3O2/c1-3-16-5-4-6-17-30-19(13(2)29-22-20-21(26-11-25-20)27-12-28-22)18(23(32)31(16)17)14-7-9-15(24)10-8-14;3-2(4,5)1(6)7/h4-13H,3H2,1-2H3,(H2,25,26,27,28,29);(H,6,7). The number of hydrogen-bond acceptors (Lipinski definition) is 7. The van der Waals surface area contributed by atoms with Gasteiger partial charge in [-0.05, 0) is 43.2 Å². The van der Waals surface area contributed by atoms with Gasteiger partial charge in [0.25, 0.3) is 5.56 Å². The number of carboxylic acid groups (broad SMARTS) is 1. The Morgan fingerprint density at radius 1 is 1.13 bits per heavy atom. The normalized spacial score (nSPS) is 12.2. The zero-order valence-electron chi connectivity index (χ0n) is 20.5. The summed E-state index contributed by atoms with van der Waals surface area (Å²) in [5, 5.41) is 10.4. The van der Waals surface area contributed by atoms with Crippen molar-refractivity contribution in [1.29, 1.82) is 0 Å². The van der Waals surface area contributed by atoms with Gasteiger partial charge in [-0.15, -0.1) is 0 Å². The van der Waals surface area contributed by atoms with E-state index in [4.69, 9.17) is 14.9 Å². The maximum absolute atomic E-state index is 13.7. The van der Waals surface area contributed by atoms with Gasteiger partial charge >= 0.3 is 12.1 Å². The van der Waals surface area contributed by atoms with Crippen molar-refractivity contribution in [3.8, 4) is 11.1 Å². The number of imidazole rings is 1. The van der Waals surface area contributed by atoms with Gasteiger partial charge in [-0.2, -0.15) is 13.2 Å². The topological polar surface area (TPSA) is 138 Å². The van der Waals surface area contributed by atoms with Crippen LogP contribution in [0.15, 0.2) is 59.9 Å². The molecule has 0 aliphatic carbocycles. The summed E-state index contributed by atoms with van der Waals surface area (Å²) in [5.74, 6) is -2.60. The van der Waals surface area contributed by atoms with Crippen LogP contribution in [0.4, 0.5) is 23.4 Å². The number of aryl methyl sites for hydroxylation is 1. The van der Waals surface area contributed by atoms with Crippen LogP contribution in [0.25, 0.3) is 27.9 Å². The Labute approximate surface area is 217 Å². The number of rotatable bonds is 5. The molecule has 1 aromatic carbocycles. The Kier molecular flexibility index (Phi) is 7.56. The SMILES string of the molecule is CCc1cccc2nc(C(C)Nc3ncnc4[nH]cnc34)c(-c3ccc(F)cc3)c(=O)n12.O=C(O)C(F)(F)F. The molecule has 4 aromatic heterocycles. The molecule has 0 aliphatic heterocycles. The van der Waals surface area contributed by atoms with E-state index in [1.165, 1.54) is 18.5 Å². The number of alkyl halides is 3. The number of nitrogens with zero attached hydrogens (tertiary/aromatic N) is 5. The number of pyridine rings is 1. The molecule has 0 saturated carbocycles. The molecule has 3 N–H and O–H groups in total. The van der Waals surface area contributed by atoms with Gasteiger partial charge in [-0.1, -0.05) is 25.1 Å². The average Bonchev–Trinajstić information content (AvgIpc) is 3.39. The Balaban J connectivity index is 0.000000448. The number of nitrogens with one attached hydrogen (secondary N) is 2. The lowest BCUT2D eigenvalue weighted by molar-refractivity contribution is -0.192. The molecule has 4 heterocycles. The van der Waals surface area contributed by atoms with Gasteiger partial charge in [0, 0.05) is 5.69 Å². The highest BCUT2D eigenvalue weighted by Crippen LogP contribution is 2.28. The zero-order valence-corrected chi connectivity index (χ0v) is 20.5. The lowest BCUT2D eigenvalue weighted by Gasteiger charge is -2.19. The van der Waals surface area contributed by atoms with Gasteiger partial charge in [-0.3, -0.25) is 9.20 Å². The van der Waals surface area contributed by atoms with Crippen molar-refractivity contribution < 1.29 is 27.5 Å². The van der Waals surface area contributed by atoms with E-state index in [0.29, 0.717) is 45.9 Å². The van der Waals surface area contributed by atoms with Crippen LogP contribution in [0.3, 0.4) is 0 Å². The van der Waals surface area contributed by atoms with Gasteiger partial charge in [-0.25, -0.2) is 29.1 Å². The molecule has 1 unspecified atom stereocenters. The van der Waals surface area contributed by atoms with E-state index in [-0.39, 0.29) is 11.4 Å². The number of anilines is 1. The molecule has 0 aliphatic rings. The number of aromatic amines is 1. The van der Waals surface area contributed by atoms with Crippen LogP contribution >= 0.6 is 0 Å². The number of halogens is 4. The predicted molar refractivity (Wildman–Crippen MR) is 134 cm³/mol. The minimum atomic E-state index is -5.08. The summed E-state index contributed by atoms with van der Waals surface area (Å²) in [5.41, 5.74) is 3.95. The predicted octanol–water partition coefficient (Wildman–Crippen LogP) is 4.54. The van der Waals surface area contributed by atoms with Crippen LogP contribution in [-0.4, -0.2) is 46.6 Å². The molecular formula is C25H21F4N7O3. The summed E-state index contributed by atoms with van der Waals surface area (Å²) in [7, 11) is 0. The molecule has 14 heteroatoms. The maximum Gasteiger partial charge on any atom is 0.490 e. The van der Waals surface area contributed by atoms with Gasteiger partial charge in [0.15, 0.2) is 11.5 Å². The molecule has 10 nitrogen and oxygen atoms in total. The maximum atomic E-state index is 13.7. The van der Waals surface area contributed by atoms with E-state index in [1.54, 1.807) is 22.9 Å². The van der Waals surface area contributed by atoms with Crippen molar-refractivity contribution >= 4 is 28.6 Å². The number of aliphatic carboxylic acids is 1. The van der Waals surface area contributed by atoms with Crippen molar-refractivity contribution in [2.75, 3.05) is 5.32 Å². The highest BCUT2D eigenvalue weighted by Gasteiger charge is 2.38. The van der Waals surface area contributed by atoms with E-state index >= 15 is 0 Å². The van der Waals surface area contributed by atoms with Crippen molar-refractivity contribution in [3.63, 3.8) is 0 Å². The van der Waals surface area contributed by atoms with Crippen molar-refractivity contribution in [1.82, 2.24) is 29.3 Å². The number of carboxylic acids is 1. The molecule has 5 rings (SSSR count). The van der Waals surface area contributed by atoms with Crippen LogP contribution in [-0.2, 0) is 11.2 Å². The number of carbonyl (C=O) groups is 1. The smallest absolute Gasteiger partial charge is 0.475 e. The third-order valence-corrected chi connectivity index (χ3v) is 5.68. The highest BCUT2D eigenvalue weighted by atomic mass is 19.4. The van der Waals surface area contributed by atoms with Gasteiger partial charge in [0.05, 0.1) is 23.6 Å². The number of benzene rings is 1. The zero-order chi connectivity index (χ0) is 28.3. The fourth-order valence-corrected chi connectivity index (χ4v) is 3.88. The summed E-state index contributed by atoms with van der Waals surface area (Å²) in [6.45, 7) is 3.89. The summed E-state index contributed by atoms with van der Waals surface area (Å²) >= 11 is 0. The van der Waals surface area contributed by atoms with Gasteiger partial charge in [0.2, 0.25) is 0 Å². The van der Waals surface area contributed by atoms with Crippen LogP contribution in [0.2, 0.25) is 0 Å². The first-order chi connectivity index (χ1) is 18.5. The minimum absolute atomic E-state index is 0.199. The molecule has 0 amide bonds. The first-order valence-corrected chi connectivity index (χ1v) is 11.5. The molecule has 0 spiro atoms. The molecule has 0 fully saturated rings. The second-order valence-corrected chi connectivity index (χ2v) is 8.24. The van der Waals surface area contributed by atoms with Crippen LogP contribution in [0.1, 0.15) is 31.3 Å². The molecular weight excluding hydrogens is 522 g/mol. The van der Waals surface area contributed by atoms with Crippen LogP contribution < -0.4 is 10.9 Å². The lowest BCUT2D eigenvalue weighted by Crippen LogP contribution is -2.25. The van der Waals surface area contributed by atoms with Crippen molar-refractivity contribution in [3.05, 3.63) is 82.7 Å². The molecule has 0 radical (unpaired) electrons. The summed E-state index contributed by atoms with van der Waals surface area (Å²) in [6, 6.07) is 11.1. The fraction of sp³-hybridized carbons (Fsp3) is 0.200.